The predicted molar refractivity (Wildman–Crippen MR) is 66.4 cm³/mol. The molecule has 1 atom stereocenters. The molecular formula is C13H17ClO3. The lowest BCUT2D eigenvalue weighted by atomic mass is 9.75. The summed E-state index contributed by atoms with van der Waals surface area (Å²) in [7, 11) is 0. The van der Waals surface area contributed by atoms with Gasteiger partial charge in [-0.05, 0) is 32.8 Å². The van der Waals surface area contributed by atoms with Gasteiger partial charge in [0.25, 0.3) is 0 Å². The first kappa shape index (κ1) is 14.0. The van der Waals surface area contributed by atoms with Crippen molar-refractivity contribution in [2.45, 2.75) is 40.0 Å². The third kappa shape index (κ3) is 3.43. The summed E-state index contributed by atoms with van der Waals surface area (Å²) in [6, 6.07) is 0. The smallest absolute Gasteiger partial charge is 0.307 e. The zero-order valence-electron chi connectivity index (χ0n) is 10.4. The molecule has 0 spiro atoms. The largest absolute Gasteiger partial charge is 0.431 e. The highest BCUT2D eigenvalue weighted by molar-refractivity contribution is 6.29. The molecule has 0 bridgehead atoms. The van der Waals surface area contributed by atoms with Gasteiger partial charge >= 0.3 is 5.97 Å². The van der Waals surface area contributed by atoms with Crippen LogP contribution in [0.15, 0.2) is 22.9 Å². The minimum atomic E-state index is -0.764. The molecule has 17 heavy (non-hydrogen) atoms. The Balaban J connectivity index is 2.99. The van der Waals surface area contributed by atoms with Gasteiger partial charge in [-0.25, -0.2) is 0 Å². The van der Waals surface area contributed by atoms with E-state index in [0.29, 0.717) is 30.1 Å². The Labute approximate surface area is 106 Å². The van der Waals surface area contributed by atoms with Crippen LogP contribution in [0.5, 0.6) is 0 Å². The standard InChI is InChI=1S/C13H17ClO3/c1-9(14)7-8-13(3)11(16)5-4-6-12(13)17-10(2)15/h6-7H,4-5,8H2,1-3H3/b9-7+. The number of ketones is 1. The molecule has 1 rings (SSSR count). The summed E-state index contributed by atoms with van der Waals surface area (Å²) in [6.07, 6.45) is 5.17. The molecule has 0 heterocycles. The lowest BCUT2D eigenvalue weighted by molar-refractivity contribution is -0.141. The van der Waals surface area contributed by atoms with Gasteiger partial charge in [-0.3, -0.25) is 9.59 Å². The molecule has 1 aliphatic carbocycles. The quantitative estimate of drug-likeness (QED) is 0.728. The highest BCUT2D eigenvalue weighted by Gasteiger charge is 2.40. The highest BCUT2D eigenvalue weighted by Crippen LogP contribution is 2.39. The molecule has 0 amide bonds. The van der Waals surface area contributed by atoms with E-state index >= 15 is 0 Å². The van der Waals surface area contributed by atoms with E-state index in [2.05, 4.69) is 0 Å². The fourth-order valence-electron chi connectivity index (χ4n) is 1.84. The van der Waals surface area contributed by atoms with Crippen molar-refractivity contribution in [3.05, 3.63) is 22.9 Å². The van der Waals surface area contributed by atoms with Crippen LogP contribution in [-0.2, 0) is 14.3 Å². The Bertz CT molecular complexity index is 391. The van der Waals surface area contributed by atoms with Crippen molar-refractivity contribution in [2.75, 3.05) is 0 Å². The number of esters is 1. The van der Waals surface area contributed by atoms with Crippen molar-refractivity contribution < 1.29 is 14.3 Å². The van der Waals surface area contributed by atoms with Crippen LogP contribution in [0.2, 0.25) is 0 Å². The Morgan fingerprint density at radius 3 is 2.76 bits per heavy atom. The van der Waals surface area contributed by atoms with E-state index in [-0.39, 0.29) is 5.78 Å². The van der Waals surface area contributed by atoms with Crippen LogP contribution in [0, 0.1) is 5.41 Å². The summed E-state index contributed by atoms with van der Waals surface area (Å²) in [6.45, 7) is 4.88. The Morgan fingerprint density at radius 2 is 2.24 bits per heavy atom. The van der Waals surface area contributed by atoms with Gasteiger partial charge in [-0.15, -0.1) is 0 Å². The van der Waals surface area contributed by atoms with E-state index in [1.807, 2.05) is 6.08 Å². The lowest BCUT2D eigenvalue weighted by Gasteiger charge is -2.31. The first-order chi connectivity index (χ1) is 7.86. The van der Waals surface area contributed by atoms with Crippen LogP contribution in [0.1, 0.15) is 40.0 Å². The monoisotopic (exact) mass is 256 g/mol. The van der Waals surface area contributed by atoms with Crippen LogP contribution in [-0.4, -0.2) is 11.8 Å². The molecule has 3 nitrogen and oxygen atoms in total. The van der Waals surface area contributed by atoms with Gasteiger partial charge in [-0.1, -0.05) is 17.7 Å². The van der Waals surface area contributed by atoms with E-state index in [1.165, 1.54) is 6.92 Å². The van der Waals surface area contributed by atoms with Gasteiger partial charge in [0, 0.05) is 18.4 Å². The van der Waals surface area contributed by atoms with Crippen molar-refractivity contribution >= 4 is 23.4 Å². The molecule has 1 aliphatic rings. The van der Waals surface area contributed by atoms with Crippen molar-refractivity contribution in [2.24, 2.45) is 5.41 Å². The van der Waals surface area contributed by atoms with Crippen molar-refractivity contribution in [3.63, 3.8) is 0 Å². The minimum absolute atomic E-state index is 0.0883. The maximum Gasteiger partial charge on any atom is 0.307 e. The second kappa shape index (κ2) is 5.50. The third-order valence-electron chi connectivity index (χ3n) is 2.91. The molecule has 0 fully saturated rings. The van der Waals surface area contributed by atoms with Crippen LogP contribution in [0.25, 0.3) is 0 Å². The molecule has 0 aromatic rings. The van der Waals surface area contributed by atoms with Gasteiger partial charge in [0.1, 0.15) is 11.5 Å². The Kier molecular flexibility index (Phi) is 4.52. The SMILES string of the molecule is CC(=O)OC1=CCCC(=O)C1(C)C/C=C(\C)Cl. The molecule has 0 radical (unpaired) electrons. The van der Waals surface area contributed by atoms with Crippen molar-refractivity contribution in [1.29, 1.82) is 0 Å². The third-order valence-corrected chi connectivity index (χ3v) is 3.06. The number of Topliss-reactive ketones (excluding diaryl/α,β-unsaturated/α-hetero) is 1. The first-order valence-electron chi connectivity index (χ1n) is 5.61. The number of halogens is 1. The van der Waals surface area contributed by atoms with Gasteiger partial charge in [0.05, 0.1) is 5.41 Å². The Morgan fingerprint density at radius 1 is 1.59 bits per heavy atom. The van der Waals surface area contributed by atoms with Crippen LogP contribution in [0.3, 0.4) is 0 Å². The fourth-order valence-corrected chi connectivity index (χ4v) is 1.92. The molecule has 94 valence electrons. The number of carbonyl (C=O) groups excluding carboxylic acids is 2. The second-order valence-corrected chi connectivity index (χ2v) is 5.05. The molecule has 4 heteroatoms. The number of ether oxygens (including phenoxy) is 1. The molecule has 1 unspecified atom stereocenters. The van der Waals surface area contributed by atoms with E-state index in [1.54, 1.807) is 19.9 Å². The summed E-state index contributed by atoms with van der Waals surface area (Å²) in [5.74, 6) is 0.143. The molecular weight excluding hydrogens is 240 g/mol. The molecule has 0 aromatic heterocycles. The van der Waals surface area contributed by atoms with Crippen molar-refractivity contribution in [3.8, 4) is 0 Å². The zero-order valence-corrected chi connectivity index (χ0v) is 11.1. The topological polar surface area (TPSA) is 43.4 Å². The van der Waals surface area contributed by atoms with Crippen molar-refractivity contribution in [1.82, 2.24) is 0 Å². The molecule has 0 aliphatic heterocycles. The number of hydrogen-bond donors (Lipinski definition) is 0. The molecule has 0 saturated heterocycles. The van der Waals surface area contributed by atoms with E-state index in [4.69, 9.17) is 16.3 Å². The summed E-state index contributed by atoms with van der Waals surface area (Å²) in [5.41, 5.74) is -0.764. The molecule has 0 N–H and O–H groups in total. The maximum absolute atomic E-state index is 12.0. The summed E-state index contributed by atoms with van der Waals surface area (Å²) >= 11 is 5.78. The average molecular weight is 257 g/mol. The van der Waals surface area contributed by atoms with Crippen LogP contribution >= 0.6 is 11.6 Å². The number of carbonyl (C=O) groups is 2. The average Bonchev–Trinajstić information content (AvgIpc) is 2.22. The van der Waals surface area contributed by atoms with Gasteiger partial charge in [-0.2, -0.15) is 0 Å². The van der Waals surface area contributed by atoms with Gasteiger partial charge < -0.3 is 4.74 Å². The number of hydrogen-bond acceptors (Lipinski definition) is 3. The second-order valence-electron chi connectivity index (χ2n) is 4.45. The van der Waals surface area contributed by atoms with E-state index in [9.17, 15) is 9.59 Å². The normalized spacial score (nSPS) is 25.5. The van der Waals surface area contributed by atoms with Crippen LogP contribution in [0.4, 0.5) is 0 Å². The summed E-state index contributed by atoms with van der Waals surface area (Å²) in [5, 5.41) is 0.631. The van der Waals surface area contributed by atoms with Gasteiger partial charge in [0.15, 0.2) is 0 Å². The number of allylic oxidation sites excluding steroid dienone is 4. The highest BCUT2D eigenvalue weighted by atomic mass is 35.5. The predicted octanol–water partition coefficient (Wildman–Crippen LogP) is 3.34. The zero-order chi connectivity index (χ0) is 13.1. The Hall–Kier alpha value is -1.09. The van der Waals surface area contributed by atoms with Crippen LogP contribution < -0.4 is 0 Å². The van der Waals surface area contributed by atoms with Gasteiger partial charge in [0.2, 0.25) is 0 Å². The minimum Gasteiger partial charge on any atom is -0.431 e. The summed E-state index contributed by atoms with van der Waals surface area (Å²) in [4.78, 5) is 23.0. The lowest BCUT2D eigenvalue weighted by Crippen LogP contribution is -2.34. The fraction of sp³-hybridized carbons (Fsp3) is 0.538. The first-order valence-corrected chi connectivity index (χ1v) is 5.98. The van der Waals surface area contributed by atoms with E-state index < -0.39 is 11.4 Å². The summed E-state index contributed by atoms with van der Waals surface area (Å²) < 4.78 is 5.14. The maximum atomic E-state index is 12.0. The number of rotatable bonds is 3. The van der Waals surface area contributed by atoms with E-state index in [0.717, 1.165) is 0 Å². The molecule has 0 saturated carbocycles. The molecule has 0 aromatic carbocycles.